The molecule has 1 aromatic carbocycles. The predicted molar refractivity (Wildman–Crippen MR) is 137 cm³/mol. The zero-order chi connectivity index (χ0) is 26.5. The van der Waals surface area contributed by atoms with Gasteiger partial charge in [0.25, 0.3) is 11.8 Å². The highest BCUT2D eigenvalue weighted by molar-refractivity contribution is 5.98. The predicted octanol–water partition coefficient (Wildman–Crippen LogP) is 3.01. The Kier molecular flexibility index (Phi) is 7.80. The lowest BCUT2D eigenvalue weighted by molar-refractivity contribution is 0.0313. The number of aliphatic hydroxyl groups excluding tert-OH is 1. The molecule has 3 heterocycles. The van der Waals surface area contributed by atoms with Gasteiger partial charge in [0.15, 0.2) is 0 Å². The van der Waals surface area contributed by atoms with Gasteiger partial charge in [0.2, 0.25) is 5.88 Å². The van der Waals surface area contributed by atoms with Crippen LogP contribution in [0, 0.1) is 17.2 Å². The van der Waals surface area contributed by atoms with Gasteiger partial charge < -0.3 is 19.6 Å². The van der Waals surface area contributed by atoms with Crippen molar-refractivity contribution in [1.82, 2.24) is 19.8 Å². The van der Waals surface area contributed by atoms with Gasteiger partial charge in [-0.3, -0.25) is 14.6 Å². The number of aliphatic hydroxyl groups is 1. The molecular weight excluding hydrogens is 470 g/mol. The second-order valence-electron chi connectivity index (χ2n) is 9.32. The molecule has 2 aromatic heterocycles. The second kappa shape index (κ2) is 11.2. The van der Waals surface area contributed by atoms with Crippen LogP contribution in [0.3, 0.4) is 0 Å². The first-order chi connectivity index (χ1) is 17.8. The van der Waals surface area contributed by atoms with Gasteiger partial charge in [0.1, 0.15) is 11.7 Å². The molecule has 9 heteroatoms. The van der Waals surface area contributed by atoms with Crippen molar-refractivity contribution >= 4 is 11.8 Å². The molecule has 0 saturated heterocycles. The van der Waals surface area contributed by atoms with Crippen molar-refractivity contribution in [2.75, 3.05) is 26.7 Å². The number of rotatable bonds is 6. The Balaban J connectivity index is 1.68. The summed E-state index contributed by atoms with van der Waals surface area (Å²) < 4.78 is 6.29. The third kappa shape index (κ3) is 5.60. The Morgan fingerprint density at radius 3 is 2.68 bits per heavy atom. The van der Waals surface area contributed by atoms with Crippen molar-refractivity contribution in [2.45, 2.75) is 26.0 Å². The van der Waals surface area contributed by atoms with Crippen molar-refractivity contribution in [1.29, 1.82) is 5.26 Å². The third-order valence-corrected chi connectivity index (χ3v) is 6.58. The topological polar surface area (TPSA) is 120 Å². The van der Waals surface area contributed by atoms with Gasteiger partial charge in [-0.2, -0.15) is 5.26 Å². The second-order valence-corrected chi connectivity index (χ2v) is 9.32. The number of pyridine rings is 2. The first-order valence-electron chi connectivity index (χ1n) is 12.1. The van der Waals surface area contributed by atoms with Crippen LogP contribution in [-0.2, 0) is 0 Å². The van der Waals surface area contributed by atoms with Crippen LogP contribution in [0.2, 0.25) is 0 Å². The molecular formula is C28H29N5O4. The molecule has 1 aliphatic heterocycles. The Labute approximate surface area is 216 Å². The van der Waals surface area contributed by atoms with Crippen LogP contribution < -0.4 is 4.74 Å². The van der Waals surface area contributed by atoms with E-state index in [1.54, 1.807) is 78.6 Å². The summed E-state index contributed by atoms with van der Waals surface area (Å²) in [4.78, 5) is 38.3. The van der Waals surface area contributed by atoms with Crippen molar-refractivity contribution < 1.29 is 19.4 Å². The molecule has 1 N–H and O–H groups in total. The number of nitrogens with zero attached hydrogens (tertiary/aromatic N) is 5. The minimum absolute atomic E-state index is 0.157. The standard InChI is InChI=1S/C28H29N5O4/c1-18-15-33(19(2)17-34)28(36)24-11-23(21-8-6-20(12-29)7-9-21)14-31-26(24)37-25(18)16-32(3)27(35)22-5-4-10-30-13-22/h4-11,13-14,18-19,25,34H,15-17H2,1-3H3/t18-,19-,25+/m1/s1. The molecule has 4 rings (SSSR count). The lowest BCUT2D eigenvalue weighted by atomic mass is 9.99. The van der Waals surface area contributed by atoms with Crippen molar-refractivity contribution in [3.8, 4) is 23.1 Å². The summed E-state index contributed by atoms with van der Waals surface area (Å²) in [5.41, 5.74) is 2.79. The average Bonchev–Trinajstić information content (AvgIpc) is 2.94. The molecule has 0 unspecified atom stereocenters. The maximum absolute atomic E-state index is 13.6. The summed E-state index contributed by atoms with van der Waals surface area (Å²) in [6, 6.07) is 13.8. The monoisotopic (exact) mass is 499 g/mol. The number of fused-ring (bicyclic) bond motifs is 1. The minimum Gasteiger partial charge on any atom is -0.472 e. The van der Waals surface area contributed by atoms with E-state index >= 15 is 0 Å². The molecule has 37 heavy (non-hydrogen) atoms. The number of aromatic nitrogens is 2. The van der Waals surface area contributed by atoms with Crippen LogP contribution in [-0.4, -0.2) is 75.6 Å². The number of benzene rings is 1. The minimum atomic E-state index is -0.459. The molecule has 0 aliphatic carbocycles. The summed E-state index contributed by atoms with van der Waals surface area (Å²) in [6.07, 6.45) is 4.30. The lowest BCUT2D eigenvalue weighted by Gasteiger charge is -2.37. The Morgan fingerprint density at radius 2 is 2.03 bits per heavy atom. The molecule has 9 nitrogen and oxygen atoms in total. The number of ether oxygens (including phenoxy) is 1. The highest BCUT2D eigenvalue weighted by atomic mass is 16.5. The summed E-state index contributed by atoms with van der Waals surface area (Å²) in [5.74, 6) is -0.455. The smallest absolute Gasteiger partial charge is 0.259 e. The van der Waals surface area contributed by atoms with Gasteiger partial charge in [-0.05, 0) is 42.8 Å². The average molecular weight is 500 g/mol. The fourth-order valence-electron chi connectivity index (χ4n) is 4.28. The van der Waals surface area contributed by atoms with Crippen LogP contribution in [0.25, 0.3) is 11.1 Å². The van der Waals surface area contributed by atoms with E-state index in [1.807, 2.05) is 6.92 Å². The first-order valence-corrected chi connectivity index (χ1v) is 12.1. The van der Waals surface area contributed by atoms with Gasteiger partial charge in [0, 0.05) is 43.7 Å². The fraction of sp³-hybridized carbons (Fsp3) is 0.321. The maximum Gasteiger partial charge on any atom is 0.259 e. The SMILES string of the molecule is C[C@@H]1CN([C@H](C)CO)C(=O)c2cc(-c3ccc(C#N)cc3)cnc2O[C@H]1CN(C)C(=O)c1cccnc1. The van der Waals surface area contributed by atoms with E-state index in [-0.39, 0.29) is 42.3 Å². The van der Waals surface area contributed by atoms with Gasteiger partial charge >= 0.3 is 0 Å². The molecule has 1 aliphatic rings. The Hall–Kier alpha value is -4.29. The molecule has 0 bridgehead atoms. The molecule has 3 atom stereocenters. The van der Waals surface area contributed by atoms with Crippen LogP contribution >= 0.6 is 0 Å². The van der Waals surface area contributed by atoms with Gasteiger partial charge in [-0.25, -0.2) is 4.98 Å². The highest BCUT2D eigenvalue weighted by Crippen LogP contribution is 2.30. The number of hydrogen-bond acceptors (Lipinski definition) is 7. The molecule has 0 spiro atoms. The molecule has 190 valence electrons. The van der Waals surface area contributed by atoms with Gasteiger partial charge in [-0.15, -0.1) is 0 Å². The summed E-state index contributed by atoms with van der Waals surface area (Å²) in [7, 11) is 1.70. The van der Waals surface area contributed by atoms with E-state index in [2.05, 4.69) is 16.0 Å². The number of hydrogen-bond donors (Lipinski definition) is 1. The molecule has 2 amide bonds. The number of nitriles is 1. The van der Waals surface area contributed by atoms with Crippen molar-refractivity contribution in [3.05, 3.63) is 77.7 Å². The number of carbonyl (C=O) groups is 2. The van der Waals surface area contributed by atoms with Gasteiger partial charge in [-0.1, -0.05) is 19.1 Å². The molecule has 0 saturated carbocycles. The summed E-state index contributed by atoms with van der Waals surface area (Å²) >= 11 is 0. The van der Waals surface area contributed by atoms with E-state index in [0.29, 0.717) is 23.2 Å². The van der Waals surface area contributed by atoms with Crippen LogP contribution in [0.5, 0.6) is 5.88 Å². The summed E-state index contributed by atoms with van der Waals surface area (Å²) in [5, 5.41) is 19.0. The third-order valence-electron chi connectivity index (χ3n) is 6.58. The van der Waals surface area contributed by atoms with Crippen LogP contribution in [0.4, 0.5) is 0 Å². The summed E-state index contributed by atoms with van der Waals surface area (Å²) in [6.45, 7) is 4.15. The Morgan fingerprint density at radius 1 is 1.27 bits per heavy atom. The number of amides is 2. The fourth-order valence-corrected chi connectivity index (χ4v) is 4.28. The zero-order valence-corrected chi connectivity index (χ0v) is 21.0. The maximum atomic E-state index is 13.6. The quantitative estimate of drug-likeness (QED) is 0.554. The zero-order valence-electron chi connectivity index (χ0n) is 21.0. The Bertz CT molecular complexity index is 1310. The molecule has 0 fully saturated rings. The van der Waals surface area contributed by atoms with E-state index in [0.717, 1.165) is 5.56 Å². The van der Waals surface area contributed by atoms with E-state index in [1.165, 1.54) is 6.20 Å². The normalized spacial score (nSPS) is 18.0. The molecule has 0 radical (unpaired) electrons. The van der Waals surface area contributed by atoms with Crippen molar-refractivity contribution in [3.63, 3.8) is 0 Å². The number of carbonyl (C=O) groups excluding carboxylic acids is 2. The van der Waals surface area contributed by atoms with E-state index in [9.17, 15) is 14.7 Å². The first kappa shape index (κ1) is 25.8. The van der Waals surface area contributed by atoms with Crippen molar-refractivity contribution in [2.24, 2.45) is 5.92 Å². The van der Waals surface area contributed by atoms with Crippen LogP contribution in [0.15, 0.2) is 61.1 Å². The van der Waals surface area contributed by atoms with Gasteiger partial charge in [0.05, 0.1) is 36.4 Å². The van der Waals surface area contributed by atoms with E-state index in [4.69, 9.17) is 10.00 Å². The highest BCUT2D eigenvalue weighted by Gasteiger charge is 2.35. The molecule has 3 aromatic rings. The van der Waals surface area contributed by atoms with E-state index < -0.39 is 12.1 Å². The van der Waals surface area contributed by atoms with Crippen LogP contribution in [0.1, 0.15) is 40.1 Å². The lowest BCUT2D eigenvalue weighted by Crippen LogP contribution is -2.50. The number of likely N-dealkylation sites (N-methyl/N-ethyl adjacent to an activating group) is 1. The largest absolute Gasteiger partial charge is 0.472 e.